The van der Waals surface area contributed by atoms with E-state index in [4.69, 9.17) is 11.5 Å². The van der Waals surface area contributed by atoms with E-state index in [2.05, 4.69) is 34.6 Å². The van der Waals surface area contributed by atoms with Crippen molar-refractivity contribution in [1.29, 1.82) is 0 Å². The average molecular weight is 226 g/mol. The van der Waals surface area contributed by atoms with Gasteiger partial charge in [0.05, 0.1) is 0 Å². The molecule has 0 heterocycles. The van der Waals surface area contributed by atoms with E-state index in [-0.39, 0.29) is 11.1 Å². The summed E-state index contributed by atoms with van der Waals surface area (Å²) in [6.07, 6.45) is 4.35. The first-order valence-electron chi connectivity index (χ1n) is 6.71. The molecule has 0 radical (unpaired) electrons. The van der Waals surface area contributed by atoms with Gasteiger partial charge in [-0.05, 0) is 50.4 Å². The van der Waals surface area contributed by atoms with Crippen LogP contribution in [0.1, 0.15) is 60.3 Å². The Labute approximate surface area is 101 Å². The van der Waals surface area contributed by atoms with Crippen molar-refractivity contribution in [3.63, 3.8) is 0 Å². The third kappa shape index (κ3) is 3.74. The van der Waals surface area contributed by atoms with Gasteiger partial charge in [-0.15, -0.1) is 0 Å². The Bertz CT molecular complexity index is 233. The second kappa shape index (κ2) is 4.66. The van der Waals surface area contributed by atoms with E-state index in [0.717, 1.165) is 25.7 Å². The Morgan fingerprint density at radius 1 is 1.12 bits per heavy atom. The normalized spacial score (nSPS) is 40.7. The van der Waals surface area contributed by atoms with Crippen LogP contribution in [0.2, 0.25) is 0 Å². The van der Waals surface area contributed by atoms with Gasteiger partial charge in [-0.25, -0.2) is 0 Å². The summed E-state index contributed by atoms with van der Waals surface area (Å²) in [5.41, 5.74) is 12.9. The monoisotopic (exact) mass is 226 g/mol. The first-order chi connectivity index (χ1) is 7.14. The quantitative estimate of drug-likeness (QED) is 0.777. The second-order valence-corrected chi connectivity index (χ2v) is 7.20. The Balaban J connectivity index is 2.78. The topological polar surface area (TPSA) is 52.0 Å². The SMILES string of the molecule is CC(C)CC1(N)CC(C(C)C)CC(C)(N)C1. The fourth-order valence-electron chi connectivity index (χ4n) is 3.58. The molecule has 0 amide bonds. The van der Waals surface area contributed by atoms with E-state index in [9.17, 15) is 0 Å². The van der Waals surface area contributed by atoms with E-state index in [1.165, 1.54) is 0 Å². The minimum Gasteiger partial charge on any atom is -0.325 e. The average Bonchev–Trinajstić information content (AvgIpc) is 1.96. The molecule has 1 fully saturated rings. The molecule has 0 spiro atoms. The predicted octanol–water partition coefficient (Wildman–Crippen LogP) is 2.90. The standard InChI is InChI=1S/C14H30N2/c1-10(2)6-14(16)8-12(11(3)4)7-13(5,15)9-14/h10-12H,6-9,15-16H2,1-5H3. The van der Waals surface area contributed by atoms with Gasteiger partial charge in [0.25, 0.3) is 0 Å². The molecule has 1 aliphatic carbocycles. The number of hydrogen-bond donors (Lipinski definition) is 2. The molecule has 96 valence electrons. The minimum atomic E-state index is -0.0726. The maximum Gasteiger partial charge on any atom is 0.0176 e. The first kappa shape index (κ1) is 14.0. The van der Waals surface area contributed by atoms with Gasteiger partial charge in [-0.3, -0.25) is 0 Å². The summed E-state index contributed by atoms with van der Waals surface area (Å²) in [5, 5.41) is 0. The minimum absolute atomic E-state index is 0.0369. The summed E-state index contributed by atoms with van der Waals surface area (Å²) in [5.74, 6) is 2.04. The van der Waals surface area contributed by atoms with Gasteiger partial charge >= 0.3 is 0 Å². The largest absolute Gasteiger partial charge is 0.325 e. The zero-order chi connectivity index (χ0) is 12.6. The zero-order valence-corrected chi connectivity index (χ0v) is 11.7. The second-order valence-electron chi connectivity index (χ2n) is 7.20. The highest BCUT2D eigenvalue weighted by atomic mass is 14.8. The third-order valence-electron chi connectivity index (χ3n) is 3.91. The van der Waals surface area contributed by atoms with Gasteiger partial charge < -0.3 is 11.5 Å². The van der Waals surface area contributed by atoms with E-state index in [0.29, 0.717) is 17.8 Å². The van der Waals surface area contributed by atoms with Gasteiger partial charge in [0.1, 0.15) is 0 Å². The lowest BCUT2D eigenvalue weighted by molar-refractivity contribution is 0.103. The molecule has 3 atom stereocenters. The first-order valence-corrected chi connectivity index (χ1v) is 6.71. The van der Waals surface area contributed by atoms with Crippen molar-refractivity contribution in [2.45, 2.75) is 71.4 Å². The summed E-state index contributed by atoms with van der Waals surface area (Å²) in [6.45, 7) is 11.3. The van der Waals surface area contributed by atoms with Gasteiger partial charge in [0.15, 0.2) is 0 Å². The van der Waals surface area contributed by atoms with Crippen LogP contribution in [-0.2, 0) is 0 Å². The molecule has 0 bridgehead atoms. The molecule has 0 saturated heterocycles. The van der Waals surface area contributed by atoms with Gasteiger partial charge in [-0.2, -0.15) is 0 Å². The third-order valence-corrected chi connectivity index (χ3v) is 3.91. The molecule has 0 aromatic heterocycles. The Kier molecular flexibility index (Phi) is 4.07. The van der Waals surface area contributed by atoms with Gasteiger partial charge in [0.2, 0.25) is 0 Å². The van der Waals surface area contributed by atoms with Crippen LogP contribution in [0.25, 0.3) is 0 Å². The smallest absolute Gasteiger partial charge is 0.0176 e. The van der Waals surface area contributed by atoms with E-state index in [1.807, 2.05) is 0 Å². The summed E-state index contributed by atoms with van der Waals surface area (Å²) >= 11 is 0. The van der Waals surface area contributed by atoms with Crippen LogP contribution in [0.15, 0.2) is 0 Å². The molecule has 3 unspecified atom stereocenters. The van der Waals surface area contributed by atoms with Crippen LogP contribution in [0.5, 0.6) is 0 Å². The van der Waals surface area contributed by atoms with E-state index in [1.54, 1.807) is 0 Å². The molecular formula is C14H30N2. The maximum absolute atomic E-state index is 6.58. The van der Waals surface area contributed by atoms with Crippen molar-refractivity contribution in [3.8, 4) is 0 Å². The Morgan fingerprint density at radius 2 is 1.69 bits per heavy atom. The summed E-state index contributed by atoms with van der Waals surface area (Å²) in [4.78, 5) is 0. The molecule has 1 rings (SSSR count). The molecule has 0 aromatic carbocycles. The van der Waals surface area contributed by atoms with E-state index < -0.39 is 0 Å². The van der Waals surface area contributed by atoms with Crippen LogP contribution < -0.4 is 11.5 Å². The summed E-state index contributed by atoms with van der Waals surface area (Å²) in [7, 11) is 0. The lowest BCUT2D eigenvalue weighted by Gasteiger charge is -2.48. The number of hydrogen-bond acceptors (Lipinski definition) is 2. The highest BCUT2D eigenvalue weighted by Crippen LogP contribution is 2.41. The molecule has 0 aromatic rings. The molecule has 1 aliphatic rings. The predicted molar refractivity (Wildman–Crippen MR) is 71.1 cm³/mol. The van der Waals surface area contributed by atoms with Gasteiger partial charge in [-0.1, -0.05) is 27.7 Å². The van der Waals surface area contributed by atoms with Crippen LogP contribution in [-0.4, -0.2) is 11.1 Å². The lowest BCUT2D eigenvalue weighted by atomic mass is 9.63. The van der Waals surface area contributed by atoms with Crippen molar-refractivity contribution in [3.05, 3.63) is 0 Å². The van der Waals surface area contributed by atoms with Crippen LogP contribution in [0.3, 0.4) is 0 Å². The highest BCUT2D eigenvalue weighted by Gasteiger charge is 2.42. The highest BCUT2D eigenvalue weighted by molar-refractivity contribution is 5.02. The Hall–Kier alpha value is -0.0800. The fourth-order valence-corrected chi connectivity index (χ4v) is 3.58. The van der Waals surface area contributed by atoms with Crippen molar-refractivity contribution in [2.75, 3.05) is 0 Å². The lowest BCUT2D eigenvalue weighted by Crippen LogP contribution is -2.57. The fraction of sp³-hybridized carbons (Fsp3) is 1.00. The molecule has 16 heavy (non-hydrogen) atoms. The van der Waals surface area contributed by atoms with Crippen LogP contribution in [0, 0.1) is 17.8 Å². The van der Waals surface area contributed by atoms with Crippen LogP contribution in [0.4, 0.5) is 0 Å². The van der Waals surface area contributed by atoms with Crippen molar-refractivity contribution < 1.29 is 0 Å². The molecule has 0 aliphatic heterocycles. The Morgan fingerprint density at radius 3 is 2.12 bits per heavy atom. The molecule has 2 nitrogen and oxygen atoms in total. The van der Waals surface area contributed by atoms with E-state index >= 15 is 0 Å². The number of nitrogens with two attached hydrogens (primary N) is 2. The van der Waals surface area contributed by atoms with Crippen molar-refractivity contribution in [2.24, 2.45) is 29.2 Å². The maximum atomic E-state index is 6.58. The van der Waals surface area contributed by atoms with Crippen molar-refractivity contribution in [1.82, 2.24) is 0 Å². The van der Waals surface area contributed by atoms with Crippen LogP contribution >= 0.6 is 0 Å². The summed E-state index contributed by atoms with van der Waals surface area (Å²) < 4.78 is 0. The number of rotatable bonds is 3. The molecule has 4 N–H and O–H groups in total. The zero-order valence-electron chi connectivity index (χ0n) is 11.7. The van der Waals surface area contributed by atoms with Crippen molar-refractivity contribution >= 4 is 0 Å². The summed E-state index contributed by atoms with van der Waals surface area (Å²) in [6, 6.07) is 0. The molecular weight excluding hydrogens is 196 g/mol. The molecule has 1 saturated carbocycles. The molecule has 2 heteroatoms. The van der Waals surface area contributed by atoms with Gasteiger partial charge in [0, 0.05) is 11.1 Å².